The molecular weight excluding hydrogens is 319 g/mol. The molecule has 2 rings (SSSR count). The number of halogens is 6. The number of alkyl halides is 3. The van der Waals surface area contributed by atoms with Gasteiger partial charge in [-0.3, -0.25) is 0 Å². The number of rotatable bonds is 1. The summed E-state index contributed by atoms with van der Waals surface area (Å²) in [7, 11) is 0. The van der Waals surface area contributed by atoms with Gasteiger partial charge in [-0.15, -0.1) is 0 Å². The third-order valence-corrected chi connectivity index (χ3v) is 3.22. The van der Waals surface area contributed by atoms with Crippen molar-refractivity contribution in [2.45, 2.75) is 6.18 Å². The van der Waals surface area contributed by atoms with Crippen LogP contribution in [0, 0.1) is 0 Å². The van der Waals surface area contributed by atoms with E-state index in [1.165, 1.54) is 30.3 Å². The Morgan fingerprint density at radius 1 is 0.842 bits per heavy atom. The van der Waals surface area contributed by atoms with E-state index in [2.05, 4.69) is 0 Å². The molecule has 0 aliphatic heterocycles. The van der Waals surface area contributed by atoms with Crippen molar-refractivity contribution in [3.05, 3.63) is 57.0 Å². The molecule has 0 bridgehead atoms. The quantitative estimate of drug-likeness (QED) is 0.574. The van der Waals surface area contributed by atoms with Gasteiger partial charge < -0.3 is 0 Å². The summed E-state index contributed by atoms with van der Waals surface area (Å²) in [4.78, 5) is 0. The van der Waals surface area contributed by atoms with Gasteiger partial charge in [0.1, 0.15) is 0 Å². The molecule has 0 saturated carbocycles. The topological polar surface area (TPSA) is 0 Å². The Kier molecular flexibility index (Phi) is 4.00. The second-order valence-electron chi connectivity index (χ2n) is 3.82. The van der Waals surface area contributed by atoms with Crippen molar-refractivity contribution in [2.75, 3.05) is 0 Å². The molecule has 6 heteroatoms. The predicted molar refractivity (Wildman–Crippen MR) is 71.9 cm³/mol. The molecule has 0 fully saturated rings. The molecule has 0 aliphatic carbocycles. The monoisotopic (exact) mass is 324 g/mol. The van der Waals surface area contributed by atoms with Crippen molar-refractivity contribution >= 4 is 34.8 Å². The Balaban J connectivity index is 2.74. The average Bonchev–Trinajstić information content (AvgIpc) is 2.25. The summed E-state index contributed by atoms with van der Waals surface area (Å²) in [6.45, 7) is 0. The lowest BCUT2D eigenvalue weighted by molar-refractivity contribution is -0.137. The van der Waals surface area contributed by atoms with E-state index in [1.807, 2.05) is 0 Å². The summed E-state index contributed by atoms with van der Waals surface area (Å²) < 4.78 is 39.0. The maximum atomic E-state index is 13.0. The van der Waals surface area contributed by atoms with E-state index < -0.39 is 11.7 Å². The lowest BCUT2D eigenvalue weighted by Gasteiger charge is -2.15. The van der Waals surface area contributed by atoms with E-state index in [1.54, 1.807) is 0 Å². The fraction of sp³-hybridized carbons (Fsp3) is 0.0769. The normalized spacial score (nSPS) is 11.7. The van der Waals surface area contributed by atoms with E-state index in [-0.39, 0.29) is 26.2 Å². The molecule has 2 aromatic rings. The maximum Gasteiger partial charge on any atom is 0.417 e. The van der Waals surface area contributed by atoms with Gasteiger partial charge in [-0.05, 0) is 35.9 Å². The molecule has 2 aromatic carbocycles. The summed E-state index contributed by atoms with van der Waals surface area (Å²) in [5.41, 5.74) is -0.713. The lowest BCUT2D eigenvalue weighted by atomic mass is 9.99. The fourth-order valence-electron chi connectivity index (χ4n) is 1.75. The molecule has 0 aliphatic rings. The van der Waals surface area contributed by atoms with Crippen molar-refractivity contribution in [1.82, 2.24) is 0 Å². The smallest absolute Gasteiger partial charge is 0.166 e. The SMILES string of the molecule is FC(F)(F)c1cccc(Cl)c1-c1cc(Cl)cc(Cl)c1. The standard InChI is InChI=1S/C13H6Cl3F3/c14-8-4-7(5-9(15)6-8)12-10(13(17,18)19)2-1-3-11(12)16/h1-6H. The Hall–Kier alpha value is -0.900. The van der Waals surface area contributed by atoms with Crippen molar-refractivity contribution in [2.24, 2.45) is 0 Å². The predicted octanol–water partition coefficient (Wildman–Crippen LogP) is 6.33. The van der Waals surface area contributed by atoms with Crippen molar-refractivity contribution in [1.29, 1.82) is 0 Å². The Morgan fingerprint density at radius 3 is 1.95 bits per heavy atom. The van der Waals surface area contributed by atoms with Crippen LogP contribution in [-0.4, -0.2) is 0 Å². The first-order valence-corrected chi connectivity index (χ1v) is 6.24. The second-order valence-corrected chi connectivity index (χ2v) is 5.10. The summed E-state index contributed by atoms with van der Waals surface area (Å²) in [5.74, 6) is 0. The molecule has 0 unspecified atom stereocenters. The van der Waals surface area contributed by atoms with Gasteiger partial charge in [0.15, 0.2) is 0 Å². The van der Waals surface area contributed by atoms with Gasteiger partial charge in [-0.25, -0.2) is 0 Å². The second kappa shape index (κ2) is 5.23. The van der Waals surface area contributed by atoms with Gasteiger partial charge in [0.2, 0.25) is 0 Å². The highest BCUT2D eigenvalue weighted by Gasteiger charge is 2.34. The van der Waals surface area contributed by atoms with E-state index >= 15 is 0 Å². The lowest BCUT2D eigenvalue weighted by Crippen LogP contribution is -2.07. The van der Waals surface area contributed by atoms with Gasteiger partial charge in [0.25, 0.3) is 0 Å². The average molecular weight is 326 g/mol. The van der Waals surface area contributed by atoms with Crippen LogP contribution in [0.5, 0.6) is 0 Å². The first kappa shape index (κ1) is 14.5. The Bertz CT molecular complexity index is 601. The van der Waals surface area contributed by atoms with Crippen LogP contribution < -0.4 is 0 Å². The fourth-order valence-corrected chi connectivity index (χ4v) is 2.56. The van der Waals surface area contributed by atoms with Gasteiger partial charge in [-0.1, -0.05) is 40.9 Å². The Labute approximate surface area is 122 Å². The van der Waals surface area contributed by atoms with Crippen LogP contribution in [0.15, 0.2) is 36.4 Å². The van der Waals surface area contributed by atoms with E-state index in [0.29, 0.717) is 0 Å². The highest BCUT2D eigenvalue weighted by atomic mass is 35.5. The minimum atomic E-state index is -4.50. The first-order valence-electron chi connectivity index (χ1n) is 5.11. The maximum absolute atomic E-state index is 13.0. The third kappa shape index (κ3) is 3.16. The van der Waals surface area contributed by atoms with Crippen molar-refractivity contribution < 1.29 is 13.2 Å². The number of hydrogen-bond acceptors (Lipinski definition) is 0. The van der Waals surface area contributed by atoms with Gasteiger partial charge in [0.05, 0.1) is 5.56 Å². The molecule has 0 heterocycles. The summed E-state index contributed by atoms with van der Waals surface area (Å²) >= 11 is 17.5. The van der Waals surface area contributed by atoms with Crippen molar-refractivity contribution in [3.63, 3.8) is 0 Å². The molecule has 0 aromatic heterocycles. The number of benzene rings is 2. The molecule has 0 radical (unpaired) electrons. The van der Waals surface area contributed by atoms with Crippen molar-refractivity contribution in [3.8, 4) is 11.1 Å². The van der Waals surface area contributed by atoms with Crippen LogP contribution in [0.2, 0.25) is 15.1 Å². The molecule has 0 amide bonds. The summed E-state index contributed by atoms with van der Waals surface area (Å²) in [6, 6.07) is 7.84. The highest BCUT2D eigenvalue weighted by molar-refractivity contribution is 6.36. The van der Waals surface area contributed by atoms with E-state index in [0.717, 1.165) is 6.07 Å². The Morgan fingerprint density at radius 2 is 1.42 bits per heavy atom. The third-order valence-electron chi connectivity index (χ3n) is 2.47. The van der Waals surface area contributed by atoms with Crippen LogP contribution in [0.4, 0.5) is 13.2 Å². The highest BCUT2D eigenvalue weighted by Crippen LogP contribution is 2.42. The molecule has 0 spiro atoms. The first-order chi connectivity index (χ1) is 8.79. The molecule has 0 atom stereocenters. The minimum Gasteiger partial charge on any atom is -0.166 e. The largest absolute Gasteiger partial charge is 0.417 e. The van der Waals surface area contributed by atoms with Gasteiger partial charge in [-0.2, -0.15) is 13.2 Å². The molecular formula is C13H6Cl3F3. The van der Waals surface area contributed by atoms with Crippen LogP contribution in [0.3, 0.4) is 0 Å². The zero-order chi connectivity index (χ0) is 14.2. The molecule has 0 saturated heterocycles. The van der Waals surface area contributed by atoms with Gasteiger partial charge >= 0.3 is 6.18 Å². The van der Waals surface area contributed by atoms with Crippen LogP contribution in [-0.2, 0) is 6.18 Å². The molecule has 0 nitrogen and oxygen atoms in total. The van der Waals surface area contributed by atoms with Gasteiger partial charge in [0, 0.05) is 20.6 Å². The van der Waals surface area contributed by atoms with Crippen LogP contribution in [0.1, 0.15) is 5.56 Å². The molecule has 100 valence electrons. The van der Waals surface area contributed by atoms with E-state index in [9.17, 15) is 13.2 Å². The van der Waals surface area contributed by atoms with Crippen LogP contribution in [0.25, 0.3) is 11.1 Å². The van der Waals surface area contributed by atoms with E-state index in [4.69, 9.17) is 34.8 Å². The molecule has 0 N–H and O–H groups in total. The zero-order valence-corrected chi connectivity index (χ0v) is 11.5. The van der Waals surface area contributed by atoms with Crippen LogP contribution >= 0.6 is 34.8 Å². The summed E-state index contributed by atoms with van der Waals surface area (Å²) in [6.07, 6.45) is -4.50. The molecule has 19 heavy (non-hydrogen) atoms. The minimum absolute atomic E-state index is 0.00633. The number of hydrogen-bond donors (Lipinski definition) is 0. The summed E-state index contributed by atoms with van der Waals surface area (Å²) in [5, 5.41) is 0.485. The zero-order valence-electron chi connectivity index (χ0n) is 9.23.